The smallest absolute Gasteiger partial charge is 0.409 e. The normalized spacial score (nSPS) is 22.0. The Bertz CT molecular complexity index is 1680. The topological polar surface area (TPSA) is 230 Å². The van der Waals surface area contributed by atoms with Gasteiger partial charge in [0.2, 0.25) is 12.4 Å². The maximum atomic E-state index is 14.4. The fraction of sp³-hybridized carbons (Fsp3) is 0.559. The summed E-state index contributed by atoms with van der Waals surface area (Å²) in [5, 5.41) is 39.3. The van der Waals surface area contributed by atoms with E-state index in [0.717, 1.165) is 25.6 Å². The molecule has 0 bridgehead atoms. The van der Waals surface area contributed by atoms with Crippen molar-refractivity contribution in [2.24, 2.45) is 5.92 Å². The van der Waals surface area contributed by atoms with E-state index >= 15 is 0 Å². The molecule has 2 aromatic heterocycles. The van der Waals surface area contributed by atoms with Crippen LogP contribution in [0.25, 0.3) is 5.52 Å². The van der Waals surface area contributed by atoms with Crippen molar-refractivity contribution >= 4 is 31.0 Å². The van der Waals surface area contributed by atoms with Gasteiger partial charge >= 0.3 is 19.7 Å². The van der Waals surface area contributed by atoms with E-state index in [1.807, 2.05) is 32.9 Å². The Balaban J connectivity index is 1.59. The van der Waals surface area contributed by atoms with Crippen LogP contribution in [0.15, 0.2) is 48.8 Å². The lowest BCUT2D eigenvalue weighted by molar-refractivity contribution is -0.156. The van der Waals surface area contributed by atoms with E-state index in [2.05, 4.69) is 15.2 Å². The quantitative estimate of drug-likeness (QED) is 0.0564. The minimum Gasteiger partial charge on any atom is -0.465 e. The van der Waals surface area contributed by atoms with E-state index in [1.54, 1.807) is 24.3 Å². The summed E-state index contributed by atoms with van der Waals surface area (Å²) in [5.41, 5.74) is 4.89. The van der Waals surface area contributed by atoms with Gasteiger partial charge < -0.3 is 30.2 Å². The summed E-state index contributed by atoms with van der Waals surface area (Å²) in [6, 6.07) is 12.6. The van der Waals surface area contributed by atoms with Crippen molar-refractivity contribution in [1.29, 1.82) is 5.26 Å². The number of nitriles is 1. The molecular weight excluding hydrogens is 683 g/mol. The molecule has 1 saturated heterocycles. The van der Waals surface area contributed by atoms with Crippen LogP contribution in [0.4, 0.5) is 5.82 Å². The van der Waals surface area contributed by atoms with Gasteiger partial charge in [0.1, 0.15) is 42.3 Å². The average molecular weight is 731 g/mol. The molecule has 1 aromatic carbocycles. The predicted octanol–water partition coefficient (Wildman–Crippen LogP) is 3.55. The fourth-order valence-corrected chi connectivity index (χ4v) is 7.16. The molecule has 0 saturated carbocycles. The molecule has 5 N–H and O–H groups in total. The van der Waals surface area contributed by atoms with E-state index in [0.29, 0.717) is 30.3 Å². The summed E-state index contributed by atoms with van der Waals surface area (Å²) < 4.78 is 43.7. The van der Waals surface area contributed by atoms with Gasteiger partial charge in [-0.05, 0) is 43.4 Å². The molecule has 1 aliphatic heterocycles. The average Bonchev–Trinajstić information content (AvgIpc) is 3.67. The Morgan fingerprint density at radius 2 is 1.80 bits per heavy atom. The lowest BCUT2D eigenvalue weighted by Crippen LogP contribution is -2.41. The van der Waals surface area contributed by atoms with E-state index in [9.17, 15) is 29.6 Å². The Morgan fingerprint density at radius 1 is 1.08 bits per heavy atom. The second-order valence-electron chi connectivity index (χ2n) is 12.3. The van der Waals surface area contributed by atoms with Gasteiger partial charge in [-0.15, -0.1) is 0 Å². The largest absolute Gasteiger partial charge is 0.465 e. The maximum Gasteiger partial charge on any atom is 0.409 e. The van der Waals surface area contributed by atoms with Crippen LogP contribution in [0.3, 0.4) is 0 Å². The molecule has 1 fully saturated rings. The van der Waals surface area contributed by atoms with Crippen molar-refractivity contribution in [2.45, 2.75) is 95.7 Å². The lowest BCUT2D eigenvalue weighted by atomic mass is 9.92. The van der Waals surface area contributed by atoms with Crippen molar-refractivity contribution in [2.75, 3.05) is 25.7 Å². The first kappa shape index (κ1) is 39.8. The number of hydrogen-bond acceptors (Lipinski definition) is 14. The minimum atomic E-state index is -4.60. The Hall–Kier alpha value is -3.94. The standard InChI is InChI=1S/C34H47N6O10P/c1-4-7-17-46-33(44)25(18-23-13-9-8-10-14-23)39-51(45,49-22-47-32(43)24(11-5-2)12-6-3)48-19-27-29(41)30(42)34(20-35,50-27)28-16-15-26-31(36)37-21-38-40(26)28/h8-10,13-16,21,24-25,27,29-30,41-42H,4-7,11-12,17-19,22H2,1-3H3,(H,39,45)(H2,36,37,38)/t25-,27+,29+,30+,34-,51-/m0/s1. The van der Waals surface area contributed by atoms with Gasteiger partial charge in [0, 0.05) is 0 Å². The molecule has 17 heteroatoms. The highest BCUT2D eigenvalue weighted by molar-refractivity contribution is 7.51. The van der Waals surface area contributed by atoms with Crippen molar-refractivity contribution < 1.29 is 47.6 Å². The highest BCUT2D eigenvalue weighted by atomic mass is 31.2. The summed E-state index contributed by atoms with van der Waals surface area (Å²) in [6.45, 7) is 4.48. The number of nitrogens with two attached hydrogens (primary N) is 1. The number of esters is 2. The van der Waals surface area contributed by atoms with Crippen LogP contribution in [-0.2, 0) is 49.4 Å². The van der Waals surface area contributed by atoms with E-state index < -0.39 is 63.0 Å². The number of carbonyl (C=O) groups is 2. The van der Waals surface area contributed by atoms with Crippen LogP contribution >= 0.6 is 7.75 Å². The zero-order chi connectivity index (χ0) is 37.0. The molecule has 3 heterocycles. The molecule has 6 atom stereocenters. The molecule has 278 valence electrons. The van der Waals surface area contributed by atoms with Crippen molar-refractivity contribution in [3.05, 3.63) is 60.0 Å². The molecule has 0 aliphatic carbocycles. The lowest BCUT2D eigenvalue weighted by Gasteiger charge is -2.26. The highest BCUT2D eigenvalue weighted by Gasteiger charge is 2.58. The number of carbonyl (C=O) groups excluding carboxylic acids is 2. The SMILES string of the molecule is CCCCOC(=O)[C@H](Cc1ccccc1)N[P@@](=O)(OCOC(=O)C(CCC)CCC)OC[C@H]1O[C@@](C#N)(c2ccc3c(N)ncnn23)[C@H](O)[C@@H]1O. The van der Waals surface area contributed by atoms with Crippen molar-refractivity contribution in [3.8, 4) is 6.07 Å². The molecular formula is C34H47N6O10P. The molecule has 4 rings (SSSR count). The number of rotatable bonds is 20. The summed E-state index contributed by atoms with van der Waals surface area (Å²) in [4.78, 5) is 30.1. The molecule has 0 amide bonds. The number of aliphatic hydroxyl groups is 2. The fourth-order valence-electron chi connectivity index (χ4n) is 5.82. The highest BCUT2D eigenvalue weighted by Crippen LogP contribution is 2.47. The number of unbranched alkanes of at least 4 members (excludes halogenated alkanes) is 1. The zero-order valence-corrected chi connectivity index (χ0v) is 29.9. The molecule has 16 nitrogen and oxygen atoms in total. The van der Waals surface area contributed by atoms with Crippen LogP contribution in [0, 0.1) is 17.2 Å². The van der Waals surface area contributed by atoms with Crippen molar-refractivity contribution in [3.63, 3.8) is 0 Å². The minimum absolute atomic E-state index is 0.0302. The molecule has 0 spiro atoms. The summed E-state index contributed by atoms with van der Waals surface area (Å²) in [6.07, 6.45) is 0.302. The molecule has 3 aromatic rings. The Labute approximate surface area is 296 Å². The van der Waals surface area contributed by atoms with Gasteiger partial charge in [-0.25, -0.2) is 19.2 Å². The van der Waals surface area contributed by atoms with Crippen LogP contribution in [-0.4, -0.2) is 81.1 Å². The number of nitrogens with one attached hydrogen (secondary N) is 1. The second kappa shape index (κ2) is 18.5. The van der Waals surface area contributed by atoms with Gasteiger partial charge in [0.05, 0.1) is 24.8 Å². The summed E-state index contributed by atoms with van der Waals surface area (Å²) in [7, 11) is -4.60. The number of nitrogens with zero attached hydrogens (tertiary/aromatic N) is 4. The Kier molecular flexibility index (Phi) is 14.5. The zero-order valence-electron chi connectivity index (χ0n) is 29.1. The molecule has 1 aliphatic rings. The molecule has 0 radical (unpaired) electrons. The van der Waals surface area contributed by atoms with Gasteiger partial charge in [-0.3, -0.25) is 18.6 Å². The number of nitrogen functional groups attached to an aromatic ring is 1. The first-order chi connectivity index (χ1) is 24.5. The second-order valence-corrected chi connectivity index (χ2v) is 14.0. The van der Waals surface area contributed by atoms with Crippen LogP contribution < -0.4 is 10.8 Å². The van der Waals surface area contributed by atoms with Gasteiger partial charge in [0.15, 0.2) is 5.82 Å². The number of anilines is 1. The van der Waals surface area contributed by atoms with Crippen molar-refractivity contribution in [1.82, 2.24) is 19.7 Å². The molecule has 0 unspecified atom stereocenters. The van der Waals surface area contributed by atoms with Gasteiger partial charge in [0.25, 0.3) is 0 Å². The summed E-state index contributed by atoms with van der Waals surface area (Å²) >= 11 is 0. The first-order valence-corrected chi connectivity index (χ1v) is 18.6. The number of aliphatic hydroxyl groups excluding tert-OH is 2. The number of benzene rings is 1. The third-order valence-electron chi connectivity index (χ3n) is 8.55. The Morgan fingerprint density at radius 3 is 2.47 bits per heavy atom. The van der Waals surface area contributed by atoms with E-state index in [-0.39, 0.29) is 30.5 Å². The monoisotopic (exact) mass is 730 g/mol. The number of ether oxygens (including phenoxy) is 3. The number of aromatic nitrogens is 3. The third kappa shape index (κ3) is 9.69. The van der Waals surface area contributed by atoms with E-state index in [4.69, 9.17) is 29.0 Å². The maximum absolute atomic E-state index is 14.4. The van der Waals surface area contributed by atoms with Gasteiger partial charge in [-0.2, -0.15) is 10.4 Å². The third-order valence-corrected chi connectivity index (χ3v) is 10.1. The van der Waals surface area contributed by atoms with Crippen LogP contribution in [0.2, 0.25) is 0 Å². The molecule has 51 heavy (non-hydrogen) atoms. The van der Waals surface area contributed by atoms with Gasteiger partial charge in [-0.1, -0.05) is 70.4 Å². The predicted molar refractivity (Wildman–Crippen MR) is 183 cm³/mol. The number of fused-ring (bicyclic) bond motifs is 1. The summed E-state index contributed by atoms with van der Waals surface area (Å²) in [5.74, 6) is -1.54. The first-order valence-electron chi connectivity index (χ1n) is 17.1. The van der Waals surface area contributed by atoms with E-state index in [1.165, 1.54) is 16.6 Å². The van der Waals surface area contributed by atoms with Crippen LogP contribution in [0.5, 0.6) is 0 Å². The van der Waals surface area contributed by atoms with Crippen LogP contribution in [0.1, 0.15) is 70.6 Å². The number of hydrogen-bond donors (Lipinski definition) is 4.